The third-order valence-electron chi connectivity index (χ3n) is 4.86. The van der Waals surface area contributed by atoms with Crippen molar-refractivity contribution in [3.63, 3.8) is 0 Å². The SMILES string of the molecule is Cc1ccc(S(=O)(=O)N2CCCCC2)cc1NS(=O)(=O)c1ccc(O)c([N+](=O)[O-])c1. The molecular weight excluding hydrogens is 434 g/mol. The van der Waals surface area contributed by atoms with E-state index < -0.39 is 41.3 Å². The van der Waals surface area contributed by atoms with Crippen LogP contribution in [0.2, 0.25) is 0 Å². The van der Waals surface area contributed by atoms with Gasteiger partial charge >= 0.3 is 5.69 Å². The Hall–Kier alpha value is -2.70. The zero-order valence-corrected chi connectivity index (χ0v) is 17.7. The first-order chi connectivity index (χ1) is 14.0. The molecule has 2 aromatic carbocycles. The van der Waals surface area contributed by atoms with Gasteiger partial charge in [0.25, 0.3) is 10.0 Å². The normalized spacial score (nSPS) is 15.6. The Morgan fingerprint density at radius 3 is 2.27 bits per heavy atom. The average Bonchev–Trinajstić information content (AvgIpc) is 2.70. The van der Waals surface area contributed by atoms with Crippen molar-refractivity contribution in [3.05, 3.63) is 52.1 Å². The maximum Gasteiger partial charge on any atom is 0.312 e. The minimum absolute atomic E-state index is 0.0376. The first-order valence-electron chi connectivity index (χ1n) is 9.13. The second kappa shape index (κ2) is 8.20. The predicted molar refractivity (Wildman–Crippen MR) is 109 cm³/mol. The van der Waals surface area contributed by atoms with Gasteiger partial charge in [0.1, 0.15) is 0 Å². The van der Waals surface area contributed by atoms with E-state index in [9.17, 15) is 32.1 Å². The van der Waals surface area contributed by atoms with E-state index in [2.05, 4.69) is 4.72 Å². The Labute approximate surface area is 174 Å². The van der Waals surface area contributed by atoms with Gasteiger partial charge in [0.2, 0.25) is 10.0 Å². The van der Waals surface area contributed by atoms with Crippen molar-refractivity contribution >= 4 is 31.4 Å². The summed E-state index contributed by atoms with van der Waals surface area (Å²) in [6.07, 6.45) is 2.50. The molecule has 1 fully saturated rings. The summed E-state index contributed by atoms with van der Waals surface area (Å²) in [5.74, 6) is -0.662. The number of hydrogen-bond donors (Lipinski definition) is 2. The number of nitrogens with zero attached hydrogens (tertiary/aromatic N) is 2. The van der Waals surface area contributed by atoms with E-state index in [4.69, 9.17) is 0 Å². The standard InChI is InChI=1S/C18H21N3O7S2/c1-13-5-6-15(30(27,28)20-9-3-2-4-10-20)11-16(13)19-29(25,26)14-7-8-18(22)17(12-14)21(23)24/h5-8,11-12,19,22H,2-4,9-10H2,1H3. The van der Waals surface area contributed by atoms with E-state index in [1.165, 1.54) is 22.5 Å². The number of piperidine rings is 1. The molecule has 0 saturated carbocycles. The van der Waals surface area contributed by atoms with Crippen molar-refractivity contribution in [2.45, 2.75) is 36.0 Å². The van der Waals surface area contributed by atoms with Crippen LogP contribution in [-0.4, -0.2) is 44.3 Å². The van der Waals surface area contributed by atoms with E-state index in [0.717, 1.165) is 37.5 Å². The van der Waals surface area contributed by atoms with E-state index in [-0.39, 0.29) is 10.6 Å². The van der Waals surface area contributed by atoms with E-state index in [1.807, 2.05) is 0 Å². The summed E-state index contributed by atoms with van der Waals surface area (Å²) in [7, 11) is -8.04. The highest BCUT2D eigenvalue weighted by Gasteiger charge is 2.27. The fourth-order valence-electron chi connectivity index (χ4n) is 3.15. The number of nitrogens with one attached hydrogen (secondary N) is 1. The first-order valence-corrected chi connectivity index (χ1v) is 12.1. The van der Waals surface area contributed by atoms with Crippen LogP contribution in [0.4, 0.5) is 11.4 Å². The monoisotopic (exact) mass is 455 g/mol. The molecule has 2 N–H and O–H groups in total. The summed E-state index contributed by atoms with van der Waals surface area (Å²) in [5, 5.41) is 20.5. The minimum Gasteiger partial charge on any atom is -0.502 e. The highest BCUT2D eigenvalue weighted by atomic mass is 32.2. The molecule has 2 aromatic rings. The molecule has 1 heterocycles. The number of anilines is 1. The second-order valence-corrected chi connectivity index (χ2v) is 10.6. The van der Waals surface area contributed by atoms with Gasteiger partial charge in [0.15, 0.2) is 5.75 Å². The van der Waals surface area contributed by atoms with Gasteiger partial charge in [0, 0.05) is 19.2 Å². The first kappa shape index (κ1) is 22.0. The number of nitro groups is 1. The highest BCUT2D eigenvalue weighted by molar-refractivity contribution is 7.92. The Bertz CT molecular complexity index is 1190. The Balaban J connectivity index is 1.96. The number of aromatic hydroxyl groups is 1. The zero-order chi connectivity index (χ0) is 22.1. The van der Waals surface area contributed by atoms with Gasteiger partial charge in [-0.3, -0.25) is 14.8 Å². The van der Waals surface area contributed by atoms with Crippen molar-refractivity contribution in [2.75, 3.05) is 17.8 Å². The van der Waals surface area contributed by atoms with Gasteiger partial charge in [-0.05, 0) is 49.6 Å². The number of aryl methyl sites for hydroxylation is 1. The molecule has 0 radical (unpaired) electrons. The van der Waals surface area contributed by atoms with E-state index in [1.54, 1.807) is 6.92 Å². The maximum atomic E-state index is 12.9. The smallest absolute Gasteiger partial charge is 0.312 e. The van der Waals surface area contributed by atoms with Crippen molar-refractivity contribution in [1.29, 1.82) is 0 Å². The van der Waals surface area contributed by atoms with Gasteiger partial charge in [-0.15, -0.1) is 0 Å². The van der Waals surface area contributed by atoms with Gasteiger partial charge in [-0.1, -0.05) is 12.5 Å². The quantitative estimate of drug-likeness (QED) is 0.502. The molecule has 30 heavy (non-hydrogen) atoms. The summed E-state index contributed by atoms with van der Waals surface area (Å²) >= 11 is 0. The fourth-order valence-corrected chi connectivity index (χ4v) is 5.83. The molecule has 0 aromatic heterocycles. The molecule has 0 spiro atoms. The molecular formula is C18H21N3O7S2. The molecule has 0 amide bonds. The summed E-state index contributed by atoms with van der Waals surface area (Å²) in [4.78, 5) is 9.61. The average molecular weight is 456 g/mol. The van der Waals surface area contributed by atoms with Crippen molar-refractivity contribution < 1.29 is 26.9 Å². The van der Waals surface area contributed by atoms with Crippen LogP contribution < -0.4 is 4.72 Å². The zero-order valence-electron chi connectivity index (χ0n) is 16.1. The molecule has 0 aliphatic carbocycles. The molecule has 1 aliphatic rings. The van der Waals surface area contributed by atoms with Crippen LogP contribution in [0.5, 0.6) is 5.75 Å². The third-order valence-corrected chi connectivity index (χ3v) is 8.12. The number of nitro benzene ring substituents is 1. The number of phenols is 1. The number of hydrogen-bond acceptors (Lipinski definition) is 7. The molecule has 162 valence electrons. The molecule has 0 atom stereocenters. The summed E-state index contributed by atoms with van der Waals surface area (Å²) in [6, 6.07) is 6.83. The van der Waals surface area contributed by atoms with Crippen molar-refractivity contribution in [3.8, 4) is 5.75 Å². The Morgan fingerprint density at radius 2 is 1.63 bits per heavy atom. The van der Waals surface area contributed by atoms with Crippen LogP contribution in [-0.2, 0) is 20.0 Å². The molecule has 0 unspecified atom stereocenters. The van der Waals surface area contributed by atoms with Crippen LogP contribution in [0.25, 0.3) is 0 Å². The highest BCUT2D eigenvalue weighted by Crippen LogP contribution is 2.30. The maximum absolute atomic E-state index is 12.9. The van der Waals surface area contributed by atoms with Gasteiger partial charge in [-0.25, -0.2) is 16.8 Å². The second-order valence-electron chi connectivity index (χ2n) is 6.95. The molecule has 12 heteroatoms. The van der Waals surface area contributed by atoms with Crippen molar-refractivity contribution in [2.24, 2.45) is 0 Å². The summed E-state index contributed by atoms with van der Waals surface area (Å²) in [6.45, 7) is 2.43. The van der Waals surface area contributed by atoms with Gasteiger partial charge in [0.05, 0.1) is 20.4 Å². The van der Waals surface area contributed by atoms with Crippen LogP contribution in [0.15, 0.2) is 46.2 Å². The van der Waals surface area contributed by atoms with Gasteiger partial charge in [-0.2, -0.15) is 4.31 Å². The number of rotatable bonds is 6. The molecule has 1 aliphatic heterocycles. The lowest BCUT2D eigenvalue weighted by atomic mass is 10.2. The van der Waals surface area contributed by atoms with Crippen LogP contribution >= 0.6 is 0 Å². The Kier molecular flexibility index (Phi) is 6.01. The topological polar surface area (TPSA) is 147 Å². The number of sulfonamides is 2. The lowest BCUT2D eigenvalue weighted by Gasteiger charge is -2.26. The third kappa shape index (κ3) is 4.40. The van der Waals surface area contributed by atoms with Crippen LogP contribution in [0, 0.1) is 17.0 Å². The summed E-state index contributed by atoms with van der Waals surface area (Å²) in [5.41, 5.74) is -0.232. The minimum atomic E-state index is -4.27. The van der Waals surface area contributed by atoms with Crippen LogP contribution in [0.3, 0.4) is 0 Å². The molecule has 1 saturated heterocycles. The largest absolute Gasteiger partial charge is 0.502 e. The van der Waals surface area contributed by atoms with E-state index in [0.29, 0.717) is 18.7 Å². The molecule has 0 bridgehead atoms. The summed E-state index contributed by atoms with van der Waals surface area (Å²) < 4.78 is 54.9. The number of phenolic OH excluding ortho intramolecular Hbond substituents is 1. The lowest BCUT2D eigenvalue weighted by Crippen LogP contribution is -2.35. The van der Waals surface area contributed by atoms with Crippen LogP contribution in [0.1, 0.15) is 24.8 Å². The molecule has 10 nitrogen and oxygen atoms in total. The molecule has 3 rings (SSSR count). The van der Waals surface area contributed by atoms with Crippen molar-refractivity contribution in [1.82, 2.24) is 4.31 Å². The predicted octanol–water partition coefficient (Wildman–Crippen LogP) is 2.58. The lowest BCUT2D eigenvalue weighted by molar-refractivity contribution is -0.386. The van der Waals surface area contributed by atoms with E-state index >= 15 is 0 Å². The fraction of sp³-hybridized carbons (Fsp3) is 0.333. The van der Waals surface area contributed by atoms with Gasteiger partial charge < -0.3 is 5.11 Å². The number of benzene rings is 2. The Morgan fingerprint density at radius 1 is 1.00 bits per heavy atom.